The van der Waals surface area contributed by atoms with E-state index in [1.807, 2.05) is 27.8 Å². The molecule has 0 aliphatic carbocycles. The summed E-state index contributed by atoms with van der Waals surface area (Å²) in [4.78, 5) is 11.6. The molecule has 96 valence electrons. The molecule has 4 nitrogen and oxygen atoms in total. The van der Waals surface area contributed by atoms with E-state index >= 15 is 0 Å². The van der Waals surface area contributed by atoms with Crippen molar-refractivity contribution in [1.82, 2.24) is 10.6 Å². The molecule has 0 radical (unpaired) electrons. The lowest BCUT2D eigenvalue weighted by molar-refractivity contribution is 0.0491. The number of rotatable bonds is 5. The first-order valence-electron chi connectivity index (χ1n) is 6.00. The van der Waals surface area contributed by atoms with Gasteiger partial charge in [-0.25, -0.2) is 4.79 Å². The molecular formula is C12H26N2O2. The smallest absolute Gasteiger partial charge is 0.407 e. The normalized spacial score (nSPS) is 15.4. The minimum Gasteiger partial charge on any atom is -0.444 e. The molecule has 0 aromatic rings. The average Bonchev–Trinajstić information content (AvgIpc) is 2.15. The van der Waals surface area contributed by atoms with Crippen molar-refractivity contribution in [2.75, 3.05) is 7.05 Å². The van der Waals surface area contributed by atoms with Gasteiger partial charge in [0.15, 0.2) is 0 Å². The molecule has 2 N–H and O–H groups in total. The maximum atomic E-state index is 11.6. The summed E-state index contributed by atoms with van der Waals surface area (Å²) in [5.74, 6) is 0. The molecule has 0 aliphatic rings. The van der Waals surface area contributed by atoms with Gasteiger partial charge in [0.25, 0.3) is 0 Å². The largest absolute Gasteiger partial charge is 0.444 e. The lowest BCUT2D eigenvalue weighted by Crippen LogP contribution is -2.49. The zero-order valence-electron chi connectivity index (χ0n) is 11.4. The number of ether oxygens (including phenoxy) is 1. The van der Waals surface area contributed by atoms with E-state index in [0.717, 1.165) is 12.8 Å². The maximum absolute atomic E-state index is 11.6. The van der Waals surface area contributed by atoms with Gasteiger partial charge in [0.05, 0.1) is 0 Å². The fraction of sp³-hybridized carbons (Fsp3) is 0.917. The molecular weight excluding hydrogens is 204 g/mol. The van der Waals surface area contributed by atoms with Crippen LogP contribution >= 0.6 is 0 Å². The van der Waals surface area contributed by atoms with E-state index < -0.39 is 5.60 Å². The monoisotopic (exact) mass is 230 g/mol. The van der Waals surface area contributed by atoms with Gasteiger partial charge in [0.1, 0.15) is 5.60 Å². The first kappa shape index (κ1) is 15.2. The predicted molar refractivity (Wildman–Crippen MR) is 66.6 cm³/mol. The van der Waals surface area contributed by atoms with Gasteiger partial charge >= 0.3 is 6.09 Å². The van der Waals surface area contributed by atoms with Crippen molar-refractivity contribution < 1.29 is 9.53 Å². The zero-order chi connectivity index (χ0) is 12.8. The van der Waals surface area contributed by atoms with Crippen molar-refractivity contribution >= 4 is 6.09 Å². The van der Waals surface area contributed by atoms with Crippen LogP contribution in [0.2, 0.25) is 0 Å². The highest BCUT2D eigenvalue weighted by molar-refractivity contribution is 5.68. The Hall–Kier alpha value is -0.770. The number of alkyl carbamates (subject to hydrolysis) is 1. The van der Waals surface area contributed by atoms with Crippen molar-refractivity contribution in [3.63, 3.8) is 0 Å². The highest BCUT2D eigenvalue weighted by Crippen LogP contribution is 2.08. The first-order chi connectivity index (χ1) is 7.34. The predicted octanol–water partition coefficient (Wildman–Crippen LogP) is 2.29. The Labute approximate surface area is 99.1 Å². The third-order valence-electron chi connectivity index (χ3n) is 2.44. The number of nitrogens with one attached hydrogen (secondary N) is 2. The lowest BCUT2D eigenvalue weighted by atomic mass is 10.0. The van der Waals surface area contributed by atoms with Crippen LogP contribution in [0.3, 0.4) is 0 Å². The molecule has 4 heteroatoms. The Kier molecular flexibility index (Phi) is 6.41. The summed E-state index contributed by atoms with van der Waals surface area (Å²) in [5.41, 5.74) is -0.441. The van der Waals surface area contributed by atoms with Gasteiger partial charge in [0, 0.05) is 12.1 Å². The highest BCUT2D eigenvalue weighted by Gasteiger charge is 2.22. The van der Waals surface area contributed by atoms with E-state index in [0.29, 0.717) is 0 Å². The van der Waals surface area contributed by atoms with E-state index in [1.54, 1.807) is 0 Å². The van der Waals surface area contributed by atoms with E-state index in [9.17, 15) is 4.79 Å². The summed E-state index contributed by atoms with van der Waals surface area (Å²) < 4.78 is 5.23. The molecule has 0 saturated heterocycles. The van der Waals surface area contributed by atoms with Crippen LogP contribution in [0.1, 0.15) is 47.5 Å². The molecule has 2 atom stereocenters. The molecule has 1 amide bonds. The number of carbonyl (C=O) groups excluding carboxylic acids is 1. The summed E-state index contributed by atoms with van der Waals surface area (Å²) in [7, 11) is 1.91. The van der Waals surface area contributed by atoms with Crippen LogP contribution in [-0.2, 0) is 4.74 Å². The van der Waals surface area contributed by atoms with Gasteiger partial charge in [0.2, 0.25) is 0 Å². The standard InChI is InChI=1S/C12H26N2O2/c1-7-9(13-6)10(8-2)14-11(15)16-12(3,4)5/h9-10,13H,7-8H2,1-6H3,(H,14,15)/t9-,10+/m1/s1. The van der Waals surface area contributed by atoms with Crippen molar-refractivity contribution in [3.8, 4) is 0 Å². The Morgan fingerprint density at radius 2 is 1.69 bits per heavy atom. The van der Waals surface area contributed by atoms with Crippen molar-refractivity contribution in [1.29, 1.82) is 0 Å². The Balaban J connectivity index is 4.26. The van der Waals surface area contributed by atoms with Crippen LogP contribution in [0.15, 0.2) is 0 Å². The molecule has 0 spiro atoms. The molecule has 0 rings (SSSR count). The van der Waals surface area contributed by atoms with E-state index in [-0.39, 0.29) is 18.2 Å². The highest BCUT2D eigenvalue weighted by atomic mass is 16.6. The molecule has 0 heterocycles. The summed E-state index contributed by atoms with van der Waals surface area (Å²) in [5, 5.41) is 6.10. The molecule has 0 aliphatic heterocycles. The second-order valence-electron chi connectivity index (χ2n) is 4.96. The van der Waals surface area contributed by atoms with Gasteiger partial charge in [-0.15, -0.1) is 0 Å². The second kappa shape index (κ2) is 6.74. The van der Waals surface area contributed by atoms with Gasteiger partial charge in [-0.3, -0.25) is 0 Å². The van der Waals surface area contributed by atoms with Gasteiger partial charge in [-0.2, -0.15) is 0 Å². The summed E-state index contributed by atoms with van der Waals surface area (Å²) in [6, 6.07) is 0.405. The molecule has 0 fully saturated rings. The summed E-state index contributed by atoms with van der Waals surface area (Å²) in [6.45, 7) is 9.75. The zero-order valence-corrected chi connectivity index (χ0v) is 11.4. The third-order valence-corrected chi connectivity index (χ3v) is 2.44. The van der Waals surface area contributed by atoms with E-state index in [4.69, 9.17) is 4.74 Å². The van der Waals surface area contributed by atoms with E-state index in [2.05, 4.69) is 24.5 Å². The number of carbonyl (C=O) groups is 1. The van der Waals surface area contributed by atoms with Crippen LogP contribution in [0.5, 0.6) is 0 Å². The van der Waals surface area contributed by atoms with Crippen molar-refractivity contribution in [2.45, 2.75) is 65.1 Å². The SMILES string of the molecule is CC[C@H](NC(=O)OC(C)(C)C)[C@@H](CC)NC. The number of hydrogen-bond donors (Lipinski definition) is 2. The quantitative estimate of drug-likeness (QED) is 0.762. The van der Waals surface area contributed by atoms with Gasteiger partial charge in [-0.1, -0.05) is 13.8 Å². The number of hydrogen-bond acceptors (Lipinski definition) is 3. The molecule has 16 heavy (non-hydrogen) atoms. The lowest BCUT2D eigenvalue weighted by Gasteiger charge is -2.27. The average molecular weight is 230 g/mol. The molecule has 0 aromatic carbocycles. The minimum absolute atomic E-state index is 0.116. The van der Waals surface area contributed by atoms with Crippen LogP contribution < -0.4 is 10.6 Å². The van der Waals surface area contributed by atoms with Crippen molar-refractivity contribution in [3.05, 3.63) is 0 Å². The van der Waals surface area contributed by atoms with Crippen molar-refractivity contribution in [2.24, 2.45) is 0 Å². The Morgan fingerprint density at radius 3 is 2.00 bits per heavy atom. The minimum atomic E-state index is -0.441. The maximum Gasteiger partial charge on any atom is 0.407 e. The van der Waals surface area contributed by atoms with Gasteiger partial charge in [-0.05, 0) is 40.7 Å². The Bertz CT molecular complexity index is 208. The van der Waals surface area contributed by atoms with Crippen LogP contribution in [0.4, 0.5) is 4.79 Å². The molecule has 0 unspecified atom stereocenters. The van der Waals surface area contributed by atoms with Gasteiger partial charge < -0.3 is 15.4 Å². The number of likely N-dealkylation sites (N-methyl/N-ethyl adjacent to an activating group) is 1. The fourth-order valence-electron chi connectivity index (χ4n) is 1.64. The summed E-state index contributed by atoms with van der Waals surface area (Å²) >= 11 is 0. The Morgan fingerprint density at radius 1 is 1.19 bits per heavy atom. The van der Waals surface area contributed by atoms with Crippen LogP contribution in [0.25, 0.3) is 0 Å². The number of amides is 1. The molecule has 0 saturated carbocycles. The first-order valence-corrected chi connectivity index (χ1v) is 6.00. The third kappa shape index (κ3) is 5.95. The van der Waals surface area contributed by atoms with Crippen LogP contribution in [0, 0.1) is 0 Å². The topological polar surface area (TPSA) is 50.4 Å². The second-order valence-corrected chi connectivity index (χ2v) is 4.96. The van der Waals surface area contributed by atoms with Crippen LogP contribution in [-0.4, -0.2) is 30.8 Å². The molecule has 0 aromatic heterocycles. The fourth-order valence-corrected chi connectivity index (χ4v) is 1.64. The molecule has 0 bridgehead atoms. The summed E-state index contributed by atoms with van der Waals surface area (Å²) in [6.07, 6.45) is 1.52. The van der Waals surface area contributed by atoms with E-state index in [1.165, 1.54) is 0 Å².